The highest BCUT2D eigenvalue weighted by Gasteiger charge is 1.99. The van der Waals surface area contributed by atoms with Crippen molar-refractivity contribution >= 4 is 6.92 Å². The highest BCUT2D eigenvalue weighted by atomic mass is 16.2. The van der Waals surface area contributed by atoms with Gasteiger partial charge in [0.15, 0.2) is 0 Å². The van der Waals surface area contributed by atoms with E-state index in [4.69, 9.17) is 5.02 Å². The standard InChI is InChI=1S/C4H3BO/c6-5-3-1-2-4-5/h3-4,6H. The summed E-state index contributed by atoms with van der Waals surface area (Å²) in [7, 11) is 0. The van der Waals surface area contributed by atoms with E-state index in [0.29, 0.717) is 0 Å². The lowest BCUT2D eigenvalue weighted by Gasteiger charge is -1.74. The molecule has 2 heteroatoms. The molecule has 6 heavy (non-hydrogen) atoms. The molecular weight excluding hydrogens is 74.9 g/mol. The molecule has 1 rings (SSSR count). The molecule has 0 radical (unpaired) electrons. The van der Waals surface area contributed by atoms with E-state index in [1.165, 1.54) is 0 Å². The van der Waals surface area contributed by atoms with Crippen LogP contribution in [0, 0.1) is 0 Å². The topological polar surface area (TPSA) is 20.2 Å². The number of hydrogen-bond donors (Lipinski definition) is 1. The van der Waals surface area contributed by atoms with Crippen LogP contribution in [0.2, 0.25) is 0 Å². The van der Waals surface area contributed by atoms with Crippen LogP contribution in [-0.2, 0) is 0 Å². The minimum atomic E-state index is -0.426. The van der Waals surface area contributed by atoms with Crippen molar-refractivity contribution < 1.29 is 5.02 Å². The van der Waals surface area contributed by atoms with E-state index in [0.717, 1.165) is 0 Å². The Bertz CT molecular complexity index is 122. The average molecular weight is 77.9 g/mol. The van der Waals surface area contributed by atoms with Gasteiger partial charge in [0, 0.05) is 0 Å². The molecule has 1 aliphatic heterocycles. The molecule has 0 aromatic heterocycles. The van der Waals surface area contributed by atoms with Crippen LogP contribution in [0.4, 0.5) is 0 Å². The zero-order chi connectivity index (χ0) is 4.41. The van der Waals surface area contributed by atoms with Crippen LogP contribution in [0.3, 0.4) is 0 Å². The fourth-order valence-corrected chi connectivity index (χ4v) is 0.315. The first kappa shape index (κ1) is 3.51. The summed E-state index contributed by atoms with van der Waals surface area (Å²) in [4.78, 5) is 0. The summed E-state index contributed by atoms with van der Waals surface area (Å²) in [6.07, 6.45) is 0. The van der Waals surface area contributed by atoms with E-state index in [1.54, 1.807) is 12.0 Å². The smallest absolute Gasteiger partial charge is 0.361 e. The zero-order valence-corrected chi connectivity index (χ0v) is 3.18. The minimum Gasteiger partial charge on any atom is -0.443 e. The normalized spacial score (nSPS) is 14.5. The average Bonchev–Trinajstić information content (AvgIpc) is 1.86. The van der Waals surface area contributed by atoms with Gasteiger partial charge in [-0.3, -0.25) is 0 Å². The summed E-state index contributed by atoms with van der Waals surface area (Å²) in [5.41, 5.74) is 5.18. The maximum atomic E-state index is 8.49. The van der Waals surface area contributed by atoms with E-state index in [1.807, 2.05) is 0 Å². The molecule has 0 unspecified atom stereocenters. The predicted molar refractivity (Wildman–Crippen MR) is 24.1 cm³/mol. The van der Waals surface area contributed by atoms with Gasteiger partial charge >= 0.3 is 6.92 Å². The van der Waals surface area contributed by atoms with Crippen molar-refractivity contribution in [1.29, 1.82) is 0 Å². The Hall–Kier alpha value is -0.675. The lowest BCUT2D eigenvalue weighted by Crippen LogP contribution is -1.99. The van der Waals surface area contributed by atoms with E-state index < -0.39 is 6.92 Å². The van der Waals surface area contributed by atoms with Crippen LogP contribution in [0.15, 0.2) is 23.4 Å². The molecule has 1 N–H and O–H groups in total. The van der Waals surface area contributed by atoms with Crippen LogP contribution in [0.1, 0.15) is 0 Å². The third-order valence-corrected chi connectivity index (χ3v) is 0.592. The molecule has 1 heterocycles. The van der Waals surface area contributed by atoms with Gasteiger partial charge in [0.25, 0.3) is 0 Å². The third kappa shape index (κ3) is 0.449. The van der Waals surface area contributed by atoms with Crippen molar-refractivity contribution in [2.75, 3.05) is 0 Å². The Morgan fingerprint density at radius 3 is 2.00 bits per heavy atom. The van der Waals surface area contributed by atoms with Crippen LogP contribution in [-0.4, -0.2) is 11.9 Å². The molecule has 0 aromatic rings. The molecule has 0 saturated carbocycles. The van der Waals surface area contributed by atoms with Gasteiger partial charge in [0.1, 0.15) is 0 Å². The second-order valence-corrected chi connectivity index (χ2v) is 1.11. The highest BCUT2D eigenvalue weighted by Crippen LogP contribution is 1.83. The highest BCUT2D eigenvalue weighted by molar-refractivity contribution is 6.62. The molecule has 0 amide bonds. The van der Waals surface area contributed by atoms with Crippen molar-refractivity contribution in [3.05, 3.63) is 23.4 Å². The number of hydrogen-bond acceptors (Lipinski definition) is 1. The monoisotopic (exact) mass is 78.0 g/mol. The molecule has 0 saturated heterocycles. The molecule has 0 aromatic carbocycles. The molecule has 1 aliphatic rings. The first-order valence-corrected chi connectivity index (χ1v) is 1.75. The second-order valence-electron chi connectivity index (χ2n) is 1.11. The van der Waals surface area contributed by atoms with Crippen molar-refractivity contribution in [3.8, 4) is 0 Å². The van der Waals surface area contributed by atoms with Gasteiger partial charge in [-0.2, -0.15) is 0 Å². The summed E-state index contributed by atoms with van der Waals surface area (Å²) in [6.45, 7) is -0.426. The van der Waals surface area contributed by atoms with Crippen molar-refractivity contribution in [2.24, 2.45) is 0 Å². The lowest BCUT2D eigenvalue weighted by atomic mass is 9.71. The summed E-state index contributed by atoms with van der Waals surface area (Å²) in [5, 5.41) is 8.49. The maximum Gasteiger partial charge on any atom is 0.361 e. The van der Waals surface area contributed by atoms with Gasteiger partial charge < -0.3 is 5.02 Å². The van der Waals surface area contributed by atoms with E-state index in [2.05, 4.69) is 11.5 Å². The van der Waals surface area contributed by atoms with Crippen LogP contribution in [0.25, 0.3) is 0 Å². The SMILES string of the molecule is OB1C=C=C=C1. The third-order valence-electron chi connectivity index (χ3n) is 0.592. The molecule has 0 fully saturated rings. The molecule has 0 atom stereocenters. The first-order valence-electron chi connectivity index (χ1n) is 1.75. The van der Waals surface area contributed by atoms with Crippen molar-refractivity contribution in [3.63, 3.8) is 0 Å². The van der Waals surface area contributed by atoms with Gasteiger partial charge in [-0.05, 0) is 12.0 Å². The molecule has 28 valence electrons. The predicted octanol–water partition coefficient (Wildman–Crippen LogP) is -0.0714. The zero-order valence-electron chi connectivity index (χ0n) is 3.18. The van der Waals surface area contributed by atoms with Gasteiger partial charge in [-0.1, -0.05) is 11.5 Å². The molecule has 1 nitrogen and oxygen atoms in total. The quantitative estimate of drug-likeness (QED) is 0.317. The number of rotatable bonds is 0. The Balaban J connectivity index is 2.89. The summed E-state index contributed by atoms with van der Waals surface area (Å²) < 4.78 is 0. The Morgan fingerprint density at radius 2 is 1.83 bits per heavy atom. The molecule has 0 aliphatic carbocycles. The van der Waals surface area contributed by atoms with Crippen LogP contribution >= 0.6 is 0 Å². The van der Waals surface area contributed by atoms with Gasteiger partial charge in [0.2, 0.25) is 0 Å². The Labute approximate surface area is 36.4 Å². The Kier molecular flexibility index (Phi) is 0.700. The largest absolute Gasteiger partial charge is 0.443 e. The lowest BCUT2D eigenvalue weighted by molar-refractivity contribution is 0.599. The van der Waals surface area contributed by atoms with Crippen molar-refractivity contribution in [1.82, 2.24) is 0 Å². The summed E-state index contributed by atoms with van der Waals surface area (Å²) >= 11 is 0. The van der Waals surface area contributed by atoms with Gasteiger partial charge in [0.05, 0.1) is 0 Å². The van der Waals surface area contributed by atoms with Gasteiger partial charge in [-0.25, -0.2) is 0 Å². The summed E-state index contributed by atoms with van der Waals surface area (Å²) in [6, 6.07) is 0. The van der Waals surface area contributed by atoms with Crippen LogP contribution in [0.5, 0.6) is 0 Å². The van der Waals surface area contributed by atoms with Crippen LogP contribution < -0.4 is 0 Å². The van der Waals surface area contributed by atoms with Crippen molar-refractivity contribution in [2.45, 2.75) is 0 Å². The minimum absolute atomic E-state index is 0.426. The summed E-state index contributed by atoms with van der Waals surface area (Å²) in [5.74, 6) is 3.08. The van der Waals surface area contributed by atoms with E-state index in [-0.39, 0.29) is 0 Å². The Morgan fingerprint density at radius 1 is 1.33 bits per heavy atom. The fourth-order valence-electron chi connectivity index (χ4n) is 0.315. The van der Waals surface area contributed by atoms with E-state index in [9.17, 15) is 0 Å². The second kappa shape index (κ2) is 1.20. The maximum absolute atomic E-state index is 8.49. The fraction of sp³-hybridized carbons (Fsp3) is 0. The molecule has 0 bridgehead atoms. The molecular formula is C4H3BO. The van der Waals surface area contributed by atoms with Gasteiger partial charge in [-0.15, -0.1) is 0 Å². The first-order chi connectivity index (χ1) is 2.89. The van der Waals surface area contributed by atoms with E-state index >= 15 is 0 Å². The molecule has 0 spiro atoms.